The molecule has 0 aliphatic carbocycles. The molecular weight excluding hydrogens is 331 g/mol. The Balaban J connectivity index is 1.66. The number of ether oxygens (including phenoxy) is 1. The van der Waals surface area contributed by atoms with Gasteiger partial charge in [-0.2, -0.15) is 0 Å². The number of nitrogens with zero attached hydrogens (tertiary/aromatic N) is 1. The molecule has 24 heavy (non-hydrogen) atoms. The van der Waals surface area contributed by atoms with Crippen LogP contribution < -0.4 is 14.9 Å². The molecule has 1 N–H and O–H groups in total. The Morgan fingerprint density at radius 1 is 1.25 bits per heavy atom. The smallest absolute Gasteiger partial charge is 0.308 e. The second-order valence-electron chi connectivity index (χ2n) is 5.09. The van der Waals surface area contributed by atoms with Crippen molar-refractivity contribution < 1.29 is 13.9 Å². The lowest BCUT2D eigenvalue weighted by Crippen LogP contribution is -2.20. The number of carbonyl (C=O) groups excluding carboxylic acids is 1. The lowest BCUT2D eigenvalue weighted by molar-refractivity contribution is -0.118. The van der Waals surface area contributed by atoms with E-state index in [0.717, 1.165) is 21.6 Å². The van der Waals surface area contributed by atoms with Crippen LogP contribution in [-0.2, 0) is 11.3 Å². The third-order valence-electron chi connectivity index (χ3n) is 3.45. The van der Waals surface area contributed by atoms with Crippen LogP contribution in [0, 0.1) is 5.82 Å². The zero-order chi connectivity index (χ0) is 17.1. The van der Waals surface area contributed by atoms with E-state index in [1.54, 1.807) is 16.7 Å². The topological polar surface area (TPSA) is 60.3 Å². The minimum atomic E-state index is -0.363. The number of halogens is 1. The Bertz CT molecular complexity index is 931. The van der Waals surface area contributed by atoms with Gasteiger partial charge in [-0.15, -0.1) is 0 Å². The van der Waals surface area contributed by atoms with Gasteiger partial charge in [-0.3, -0.25) is 14.2 Å². The summed E-state index contributed by atoms with van der Waals surface area (Å²) in [5.74, 6) is -0.278. The molecule has 1 heterocycles. The van der Waals surface area contributed by atoms with Crippen LogP contribution in [-0.4, -0.2) is 17.1 Å². The fourth-order valence-corrected chi connectivity index (χ4v) is 3.31. The minimum absolute atomic E-state index is 0.0179. The van der Waals surface area contributed by atoms with E-state index in [9.17, 15) is 14.0 Å². The summed E-state index contributed by atoms with van der Waals surface area (Å²) in [6.45, 7) is 2.34. The van der Waals surface area contributed by atoms with Crippen LogP contribution in [0.1, 0.15) is 6.92 Å². The standard InChI is InChI=1S/C17H15FN2O3S/c1-2-20-14-8-5-12(9-15(14)24-17(20)22)19-16(21)10-23-13-6-3-11(18)4-7-13/h3-9H,2,10H2,1H3,(H,19,21). The molecule has 124 valence electrons. The van der Waals surface area contributed by atoms with Gasteiger partial charge in [-0.05, 0) is 49.4 Å². The van der Waals surface area contributed by atoms with Crippen molar-refractivity contribution in [2.45, 2.75) is 13.5 Å². The van der Waals surface area contributed by atoms with Crippen molar-refractivity contribution in [2.75, 3.05) is 11.9 Å². The van der Waals surface area contributed by atoms with Gasteiger partial charge in [0.25, 0.3) is 5.91 Å². The molecule has 0 fully saturated rings. The number of benzene rings is 2. The van der Waals surface area contributed by atoms with E-state index in [4.69, 9.17) is 4.74 Å². The highest BCUT2D eigenvalue weighted by Crippen LogP contribution is 2.22. The monoisotopic (exact) mass is 346 g/mol. The largest absolute Gasteiger partial charge is 0.484 e. The van der Waals surface area contributed by atoms with Crippen molar-refractivity contribution in [3.8, 4) is 5.75 Å². The molecule has 0 atom stereocenters. The second-order valence-corrected chi connectivity index (χ2v) is 6.08. The quantitative estimate of drug-likeness (QED) is 0.771. The zero-order valence-corrected chi connectivity index (χ0v) is 13.7. The normalized spacial score (nSPS) is 10.8. The summed E-state index contributed by atoms with van der Waals surface area (Å²) in [5, 5.41) is 2.72. The third kappa shape index (κ3) is 3.46. The molecule has 0 saturated heterocycles. The maximum atomic E-state index is 12.8. The lowest BCUT2D eigenvalue weighted by Gasteiger charge is -2.08. The summed E-state index contributed by atoms with van der Waals surface area (Å²) in [5.41, 5.74) is 1.45. The van der Waals surface area contributed by atoms with Crippen molar-refractivity contribution in [2.24, 2.45) is 0 Å². The number of hydrogen-bond donors (Lipinski definition) is 1. The van der Waals surface area contributed by atoms with Gasteiger partial charge in [0.15, 0.2) is 6.61 Å². The Hall–Kier alpha value is -2.67. The minimum Gasteiger partial charge on any atom is -0.484 e. The molecule has 0 saturated carbocycles. The third-order valence-corrected chi connectivity index (χ3v) is 4.39. The average Bonchev–Trinajstić information content (AvgIpc) is 2.88. The number of hydrogen-bond acceptors (Lipinski definition) is 4. The number of aromatic nitrogens is 1. The van der Waals surface area contributed by atoms with E-state index >= 15 is 0 Å². The van der Waals surface area contributed by atoms with Crippen LogP contribution in [0.2, 0.25) is 0 Å². The van der Waals surface area contributed by atoms with Crippen LogP contribution in [0.5, 0.6) is 5.75 Å². The van der Waals surface area contributed by atoms with Crippen molar-refractivity contribution in [3.63, 3.8) is 0 Å². The summed E-state index contributed by atoms with van der Waals surface area (Å²) in [7, 11) is 0. The maximum absolute atomic E-state index is 12.8. The Labute approximate surface area is 141 Å². The highest BCUT2D eigenvalue weighted by Gasteiger charge is 2.09. The first-order valence-electron chi connectivity index (χ1n) is 7.38. The number of anilines is 1. The highest BCUT2D eigenvalue weighted by atomic mass is 32.1. The van der Waals surface area contributed by atoms with Gasteiger partial charge in [0.1, 0.15) is 11.6 Å². The number of rotatable bonds is 5. The molecule has 3 aromatic rings. The van der Waals surface area contributed by atoms with E-state index < -0.39 is 0 Å². The van der Waals surface area contributed by atoms with E-state index in [0.29, 0.717) is 18.0 Å². The number of aryl methyl sites for hydroxylation is 1. The van der Waals surface area contributed by atoms with Crippen LogP contribution in [0.15, 0.2) is 47.3 Å². The van der Waals surface area contributed by atoms with Crippen molar-refractivity contribution in [1.29, 1.82) is 0 Å². The summed E-state index contributed by atoms with van der Waals surface area (Å²) in [6, 6.07) is 10.8. The van der Waals surface area contributed by atoms with E-state index in [-0.39, 0.29) is 23.2 Å². The molecule has 1 amide bonds. The molecule has 0 aliphatic heterocycles. The zero-order valence-electron chi connectivity index (χ0n) is 12.9. The van der Waals surface area contributed by atoms with Gasteiger partial charge in [0, 0.05) is 12.2 Å². The molecule has 3 rings (SSSR count). The van der Waals surface area contributed by atoms with Crippen molar-refractivity contribution >= 4 is 33.1 Å². The van der Waals surface area contributed by atoms with Gasteiger partial charge in [-0.1, -0.05) is 11.3 Å². The molecule has 0 unspecified atom stereocenters. The molecule has 5 nitrogen and oxygen atoms in total. The number of thiazole rings is 1. The van der Waals surface area contributed by atoms with Crippen LogP contribution in [0.3, 0.4) is 0 Å². The molecule has 0 spiro atoms. The Kier molecular flexibility index (Phi) is 4.61. The van der Waals surface area contributed by atoms with Gasteiger partial charge >= 0.3 is 4.87 Å². The van der Waals surface area contributed by atoms with E-state index in [2.05, 4.69) is 5.32 Å². The SMILES string of the molecule is CCn1c(=O)sc2cc(NC(=O)COc3ccc(F)cc3)ccc21. The van der Waals surface area contributed by atoms with Gasteiger partial charge in [-0.25, -0.2) is 4.39 Å². The summed E-state index contributed by atoms with van der Waals surface area (Å²) >= 11 is 1.15. The number of nitrogens with one attached hydrogen (secondary N) is 1. The summed E-state index contributed by atoms with van der Waals surface area (Å²) in [6.07, 6.45) is 0. The number of amides is 1. The fraction of sp³-hybridized carbons (Fsp3) is 0.176. The van der Waals surface area contributed by atoms with Gasteiger partial charge in [0.2, 0.25) is 0 Å². The molecule has 0 radical (unpaired) electrons. The fourth-order valence-electron chi connectivity index (χ4n) is 2.32. The van der Waals surface area contributed by atoms with Crippen molar-refractivity contribution in [1.82, 2.24) is 4.57 Å². The molecule has 1 aromatic heterocycles. The molecule has 7 heteroatoms. The summed E-state index contributed by atoms with van der Waals surface area (Å²) in [4.78, 5) is 23.8. The average molecular weight is 346 g/mol. The first-order valence-corrected chi connectivity index (χ1v) is 8.20. The Morgan fingerprint density at radius 2 is 2.00 bits per heavy atom. The number of fused-ring (bicyclic) bond motifs is 1. The van der Waals surface area contributed by atoms with E-state index in [1.165, 1.54) is 24.3 Å². The van der Waals surface area contributed by atoms with Gasteiger partial charge in [0.05, 0.1) is 10.2 Å². The number of carbonyl (C=O) groups is 1. The van der Waals surface area contributed by atoms with Crippen LogP contribution >= 0.6 is 11.3 Å². The predicted molar refractivity (Wildman–Crippen MR) is 92.3 cm³/mol. The molecule has 0 bridgehead atoms. The highest BCUT2D eigenvalue weighted by molar-refractivity contribution is 7.16. The maximum Gasteiger partial charge on any atom is 0.308 e. The molecular formula is C17H15FN2O3S. The van der Waals surface area contributed by atoms with Crippen molar-refractivity contribution in [3.05, 3.63) is 57.9 Å². The second kappa shape index (κ2) is 6.84. The predicted octanol–water partition coefficient (Wildman–Crippen LogP) is 3.24. The molecule has 2 aromatic carbocycles. The van der Waals surface area contributed by atoms with Gasteiger partial charge < -0.3 is 10.1 Å². The first-order chi connectivity index (χ1) is 11.6. The first kappa shape index (κ1) is 16.2. The van der Waals surface area contributed by atoms with Crippen LogP contribution in [0.4, 0.5) is 10.1 Å². The van der Waals surface area contributed by atoms with E-state index in [1.807, 2.05) is 13.0 Å². The molecule has 0 aliphatic rings. The van der Waals surface area contributed by atoms with Crippen LogP contribution in [0.25, 0.3) is 10.2 Å². The Morgan fingerprint density at radius 3 is 2.71 bits per heavy atom. The lowest BCUT2D eigenvalue weighted by atomic mass is 10.3. The summed E-state index contributed by atoms with van der Waals surface area (Å²) < 4.78 is 20.6.